The number of benzene rings is 6. The molecular formula is C71H75Cl6N3O6. The predicted octanol–water partition coefficient (Wildman–Crippen LogP) is 18.2. The van der Waals surface area contributed by atoms with Crippen LogP contribution in [0.15, 0.2) is 140 Å². The number of hydrogen-bond acceptors (Lipinski definition) is 6. The minimum atomic E-state index is -0.385. The van der Waals surface area contributed by atoms with E-state index in [0.29, 0.717) is 31.9 Å². The van der Waals surface area contributed by atoms with Crippen LogP contribution < -0.4 is 25.4 Å². The molecule has 4 N–H and O–H groups in total. The van der Waals surface area contributed by atoms with Gasteiger partial charge in [-0.25, -0.2) is 0 Å². The molecule has 4 aliphatic carbocycles. The number of phenols is 1. The van der Waals surface area contributed by atoms with E-state index in [1.807, 2.05) is 72.8 Å². The lowest BCUT2D eigenvalue weighted by molar-refractivity contribution is -0.130. The number of carbonyl (C=O) groups excluding carboxylic acids is 3. The zero-order chi connectivity index (χ0) is 61.1. The maximum Gasteiger partial charge on any atom is 0.226 e. The van der Waals surface area contributed by atoms with E-state index in [2.05, 4.69) is 107 Å². The number of ether oxygens (including phenoxy) is 2. The van der Waals surface area contributed by atoms with Crippen LogP contribution in [0.2, 0.25) is 30.1 Å². The molecule has 13 rings (SSSR count). The molecule has 86 heavy (non-hydrogen) atoms. The number of nitrogens with one attached hydrogen (secondary N) is 3. The van der Waals surface area contributed by atoms with Gasteiger partial charge in [0.2, 0.25) is 17.7 Å². The van der Waals surface area contributed by atoms with Gasteiger partial charge in [-0.3, -0.25) is 14.4 Å². The first-order valence-electron chi connectivity index (χ1n) is 30.2. The summed E-state index contributed by atoms with van der Waals surface area (Å²) < 4.78 is 11.3. The average molecular weight is 1280 g/mol. The quantitative estimate of drug-likeness (QED) is 0.101. The molecule has 3 saturated heterocycles. The average Bonchev–Trinajstić information content (AvgIpc) is 1.73. The minimum absolute atomic E-state index is 0.0851. The molecular weight excluding hydrogens is 1200 g/mol. The van der Waals surface area contributed by atoms with E-state index in [0.717, 1.165) is 83.9 Å². The SMILES string of the molecule is C=COc1ccc([C@@H]2CC[C@@]3(C)C(=O)N[C@H](C)[C@H]3[C@H]2c2ccc(Cl)cc2)c(Cl)c1.C[C@H]1NC(=O)[C@]2(C)CC[C@@H](c3ccc(O)cc3Cl)[C@H](c3ccc(Cl)cc3)[C@H]12.C[C@H]1NC(=O)[C@]2(C)CC[C@@H](c3ccc(OC4CC4)cc3Cl)[C@H](c3ccc(Cl)cc3)[C@H]12. The standard InChI is InChI=1S/C25H27Cl2NO2.C24H25Cl2NO2.C22H23Cl2NO2/c1-14-23-22(15-3-5-16(26)6-4-15)20(11-12-25(23,2)24(29)28-14)19-10-9-18(13-21(19)27)30-17-7-8-17;1-4-29-17-9-10-18(20(26)13-17)19-11-12-24(3)22(14(2)27-23(24)28)21(19)15-5-7-16(25)8-6-15;1-12-20-19(13-3-5-14(23)6-4-13)17(9-10-22(20,2)21(27)25-12)16-8-7-15(26)11-18(16)24/h3-6,9-10,13-14,17,20,22-23H,7-8,11-12H2,1-2H3,(H,28,29);4-10,13-14,19,21-22H,1,11-12H2,2-3H3,(H,27,28);3-8,11-12,17,19-20,26H,9-10H2,1-2H3,(H,25,27)/t14-,20+,22+,23+,25-;14-,19+,21+,22+,24-;12-,17+,19+,20+,22-/m111/s1. The van der Waals surface area contributed by atoms with Crippen molar-refractivity contribution in [1.29, 1.82) is 0 Å². The number of halogens is 6. The Bertz CT molecular complexity index is 3530. The molecule has 0 radical (unpaired) electrons. The third-order valence-corrected chi connectivity index (χ3v) is 22.5. The van der Waals surface area contributed by atoms with Crippen molar-refractivity contribution >= 4 is 87.3 Å². The van der Waals surface area contributed by atoms with Gasteiger partial charge in [0.15, 0.2) is 0 Å². The van der Waals surface area contributed by atoms with Crippen LogP contribution >= 0.6 is 69.6 Å². The molecule has 452 valence electrons. The fourth-order valence-corrected chi connectivity index (χ4v) is 17.9. The smallest absolute Gasteiger partial charge is 0.226 e. The van der Waals surface area contributed by atoms with Crippen LogP contribution in [0.5, 0.6) is 17.2 Å². The van der Waals surface area contributed by atoms with Crippen molar-refractivity contribution in [2.75, 3.05) is 0 Å². The van der Waals surface area contributed by atoms with E-state index in [-0.39, 0.29) is 111 Å². The van der Waals surface area contributed by atoms with Crippen molar-refractivity contribution in [1.82, 2.24) is 16.0 Å². The van der Waals surface area contributed by atoms with Gasteiger partial charge in [-0.2, -0.15) is 0 Å². The van der Waals surface area contributed by atoms with Gasteiger partial charge < -0.3 is 30.5 Å². The first kappa shape index (κ1) is 62.2. The Morgan fingerprint density at radius 2 is 0.791 bits per heavy atom. The Kier molecular flexibility index (Phi) is 18.0. The molecule has 0 spiro atoms. The highest BCUT2D eigenvalue weighted by Crippen LogP contribution is 2.62. The lowest BCUT2D eigenvalue weighted by Gasteiger charge is -2.46. The van der Waals surface area contributed by atoms with Gasteiger partial charge in [-0.05, 0) is 214 Å². The molecule has 0 unspecified atom stereocenters. The summed E-state index contributed by atoms with van der Waals surface area (Å²) in [6.45, 7) is 16.3. The second kappa shape index (κ2) is 24.9. The Balaban J connectivity index is 0.000000134. The molecule has 15 atom stereocenters. The Morgan fingerprint density at radius 3 is 1.12 bits per heavy atom. The molecule has 15 heteroatoms. The summed E-state index contributed by atoms with van der Waals surface area (Å²) in [5.41, 5.74) is 5.74. The van der Waals surface area contributed by atoms with E-state index < -0.39 is 0 Å². The largest absolute Gasteiger partial charge is 0.508 e. The van der Waals surface area contributed by atoms with E-state index >= 15 is 0 Å². The van der Waals surface area contributed by atoms with Crippen molar-refractivity contribution in [3.63, 3.8) is 0 Å². The maximum atomic E-state index is 12.9. The molecule has 3 heterocycles. The predicted molar refractivity (Wildman–Crippen MR) is 347 cm³/mol. The third kappa shape index (κ3) is 11.9. The molecule has 7 aliphatic rings. The highest BCUT2D eigenvalue weighted by Gasteiger charge is 2.60. The van der Waals surface area contributed by atoms with Crippen LogP contribution in [-0.2, 0) is 14.4 Å². The third-order valence-electron chi connectivity index (χ3n) is 20.8. The lowest BCUT2D eigenvalue weighted by Crippen LogP contribution is -2.42. The number of rotatable bonds is 10. The zero-order valence-corrected chi connectivity index (χ0v) is 53.9. The zero-order valence-electron chi connectivity index (χ0n) is 49.3. The summed E-state index contributed by atoms with van der Waals surface area (Å²) in [4.78, 5) is 38.4. The molecule has 7 fully saturated rings. The summed E-state index contributed by atoms with van der Waals surface area (Å²) >= 11 is 38.5. The normalized spacial score (nSPS) is 32.3. The van der Waals surface area contributed by atoms with Gasteiger partial charge >= 0.3 is 0 Å². The van der Waals surface area contributed by atoms with Gasteiger partial charge in [0.1, 0.15) is 17.2 Å². The van der Waals surface area contributed by atoms with Crippen LogP contribution in [0.3, 0.4) is 0 Å². The number of carbonyl (C=O) groups is 3. The lowest BCUT2D eigenvalue weighted by atomic mass is 9.56. The Hall–Kier alpha value is -5.39. The van der Waals surface area contributed by atoms with E-state index in [1.54, 1.807) is 12.1 Å². The van der Waals surface area contributed by atoms with E-state index in [1.165, 1.54) is 23.0 Å². The molecule has 6 aromatic rings. The number of fused-ring (bicyclic) bond motifs is 3. The number of hydrogen-bond donors (Lipinski definition) is 4. The maximum absolute atomic E-state index is 12.9. The fourth-order valence-electron chi connectivity index (χ4n) is 16.6. The summed E-state index contributed by atoms with van der Waals surface area (Å²) in [7, 11) is 0. The topological polar surface area (TPSA) is 126 Å². The van der Waals surface area contributed by atoms with Crippen molar-refractivity contribution in [2.24, 2.45) is 34.0 Å². The first-order chi connectivity index (χ1) is 41.0. The Morgan fingerprint density at radius 1 is 0.465 bits per heavy atom. The van der Waals surface area contributed by atoms with Crippen LogP contribution in [0.25, 0.3) is 0 Å². The molecule has 0 bridgehead atoms. The molecule has 0 aromatic heterocycles. The second-order valence-corrected chi connectivity index (χ2v) is 28.5. The summed E-state index contributed by atoms with van der Waals surface area (Å²) in [5, 5.41) is 23.5. The number of phenolic OH excluding ortho intramolecular Hbond substituents is 1. The highest BCUT2D eigenvalue weighted by atomic mass is 35.5. The number of aromatic hydroxyl groups is 1. The van der Waals surface area contributed by atoms with Crippen LogP contribution in [0, 0.1) is 34.0 Å². The second-order valence-electron chi connectivity index (χ2n) is 26.0. The minimum Gasteiger partial charge on any atom is -0.508 e. The van der Waals surface area contributed by atoms with Crippen LogP contribution in [0.1, 0.15) is 162 Å². The fraction of sp³-hybridized carbons (Fsp3) is 0.423. The molecule has 4 saturated carbocycles. The van der Waals surface area contributed by atoms with Gasteiger partial charge in [0.05, 0.1) is 28.6 Å². The molecule has 6 aromatic carbocycles. The van der Waals surface area contributed by atoms with E-state index in [9.17, 15) is 19.5 Å². The summed E-state index contributed by atoms with van der Waals surface area (Å²) in [6.07, 6.45) is 9.18. The van der Waals surface area contributed by atoms with E-state index in [4.69, 9.17) is 79.1 Å². The van der Waals surface area contributed by atoms with Gasteiger partial charge in [0.25, 0.3) is 0 Å². The first-order valence-corrected chi connectivity index (χ1v) is 32.5. The van der Waals surface area contributed by atoms with Crippen LogP contribution in [-0.4, -0.2) is 47.1 Å². The van der Waals surface area contributed by atoms with Crippen molar-refractivity contribution in [2.45, 2.75) is 153 Å². The van der Waals surface area contributed by atoms with Crippen molar-refractivity contribution < 1.29 is 29.0 Å². The molecule has 9 nitrogen and oxygen atoms in total. The van der Waals surface area contributed by atoms with Crippen LogP contribution in [0.4, 0.5) is 0 Å². The number of amides is 3. The van der Waals surface area contributed by atoms with Gasteiger partial charge in [-0.15, -0.1) is 0 Å². The summed E-state index contributed by atoms with van der Waals surface area (Å²) in [5.74, 6) is 3.79. The summed E-state index contributed by atoms with van der Waals surface area (Å²) in [6, 6.07) is 41.6. The van der Waals surface area contributed by atoms with Crippen molar-refractivity contribution in [3.8, 4) is 17.2 Å². The van der Waals surface area contributed by atoms with Crippen molar-refractivity contribution in [3.05, 3.63) is 204 Å². The van der Waals surface area contributed by atoms with Gasteiger partial charge in [-0.1, -0.05) is 152 Å². The van der Waals surface area contributed by atoms with Gasteiger partial charge in [0, 0.05) is 66.0 Å². The Labute approximate surface area is 536 Å². The molecule has 3 amide bonds. The highest BCUT2D eigenvalue weighted by molar-refractivity contribution is 6.33. The molecule has 3 aliphatic heterocycles. The monoisotopic (exact) mass is 1280 g/mol.